The van der Waals surface area contributed by atoms with Crippen LogP contribution < -0.4 is 0 Å². The first-order valence-electron chi connectivity index (χ1n) is 8.71. The van der Waals surface area contributed by atoms with Gasteiger partial charge in [0.15, 0.2) is 4.96 Å². The summed E-state index contributed by atoms with van der Waals surface area (Å²) < 4.78 is 7.44. The van der Waals surface area contributed by atoms with Crippen molar-refractivity contribution >= 4 is 45.4 Å². The van der Waals surface area contributed by atoms with Crippen molar-refractivity contribution in [3.8, 4) is 11.3 Å². The number of amides is 1. The van der Waals surface area contributed by atoms with E-state index in [1.165, 1.54) is 0 Å². The average molecular weight is 434 g/mol. The van der Waals surface area contributed by atoms with Crippen LogP contribution >= 0.6 is 34.5 Å². The summed E-state index contributed by atoms with van der Waals surface area (Å²) in [5.41, 5.74) is 3.01. The number of aromatic nitrogens is 2. The highest BCUT2D eigenvalue weighted by Crippen LogP contribution is 2.25. The standard InChI is InChI=1S/C20H17Cl2N3O2S/c21-10-19(26)24(11-17-2-1-9-27-17)8-7-16-13-28-20-23-18(12-25(16)20)14-3-5-15(22)6-4-14/h1-6,9,12-13H,7-8,10-11H2. The number of carbonyl (C=O) groups excluding carboxylic acids is 1. The zero-order chi connectivity index (χ0) is 19.5. The van der Waals surface area contributed by atoms with Gasteiger partial charge in [-0.3, -0.25) is 9.20 Å². The molecule has 144 valence electrons. The van der Waals surface area contributed by atoms with Crippen molar-refractivity contribution in [1.29, 1.82) is 0 Å². The Morgan fingerprint density at radius 3 is 2.79 bits per heavy atom. The normalized spacial score (nSPS) is 11.2. The molecule has 0 aliphatic carbocycles. The highest BCUT2D eigenvalue weighted by Gasteiger charge is 2.16. The van der Waals surface area contributed by atoms with Crippen LogP contribution in [0.3, 0.4) is 0 Å². The average Bonchev–Trinajstić information content (AvgIpc) is 3.43. The molecule has 1 amide bonds. The van der Waals surface area contributed by atoms with E-state index in [0.29, 0.717) is 24.5 Å². The van der Waals surface area contributed by atoms with E-state index in [-0.39, 0.29) is 11.8 Å². The molecule has 0 aliphatic heterocycles. The molecule has 5 nitrogen and oxygen atoms in total. The first kappa shape index (κ1) is 19.1. The summed E-state index contributed by atoms with van der Waals surface area (Å²) in [4.78, 5) is 19.5. The van der Waals surface area contributed by atoms with Crippen molar-refractivity contribution in [3.63, 3.8) is 0 Å². The molecular weight excluding hydrogens is 417 g/mol. The third-order valence-corrected chi connectivity index (χ3v) is 5.82. The topological polar surface area (TPSA) is 50.8 Å². The van der Waals surface area contributed by atoms with E-state index in [1.54, 1.807) is 22.5 Å². The van der Waals surface area contributed by atoms with Crippen molar-refractivity contribution in [2.24, 2.45) is 0 Å². The van der Waals surface area contributed by atoms with Gasteiger partial charge in [0.25, 0.3) is 0 Å². The molecule has 0 saturated heterocycles. The Kier molecular flexibility index (Phi) is 5.71. The molecule has 1 aromatic carbocycles. The molecule has 0 unspecified atom stereocenters. The van der Waals surface area contributed by atoms with Crippen LogP contribution in [-0.4, -0.2) is 32.6 Å². The Bertz CT molecular complexity index is 1070. The summed E-state index contributed by atoms with van der Waals surface area (Å²) >= 11 is 13.3. The molecule has 0 N–H and O–H groups in total. The zero-order valence-corrected chi connectivity index (χ0v) is 17.2. The van der Waals surface area contributed by atoms with E-state index in [2.05, 4.69) is 9.78 Å². The molecule has 4 rings (SSSR count). The van der Waals surface area contributed by atoms with Crippen LogP contribution in [0.4, 0.5) is 0 Å². The lowest BCUT2D eigenvalue weighted by Gasteiger charge is -2.20. The lowest BCUT2D eigenvalue weighted by molar-refractivity contribution is -0.129. The number of benzene rings is 1. The number of nitrogens with zero attached hydrogens (tertiary/aromatic N) is 3. The van der Waals surface area contributed by atoms with Gasteiger partial charge in [0, 0.05) is 40.8 Å². The third-order valence-electron chi connectivity index (χ3n) is 4.46. The predicted molar refractivity (Wildman–Crippen MR) is 112 cm³/mol. The van der Waals surface area contributed by atoms with Crippen molar-refractivity contribution < 1.29 is 9.21 Å². The van der Waals surface area contributed by atoms with Crippen molar-refractivity contribution in [2.45, 2.75) is 13.0 Å². The van der Waals surface area contributed by atoms with Gasteiger partial charge < -0.3 is 9.32 Å². The van der Waals surface area contributed by atoms with E-state index < -0.39 is 0 Å². The SMILES string of the molecule is O=C(CCl)N(CCc1csc2nc(-c3ccc(Cl)cc3)cn12)Cc1ccco1. The van der Waals surface area contributed by atoms with E-state index in [9.17, 15) is 4.79 Å². The number of halogens is 2. The molecule has 3 heterocycles. The Hall–Kier alpha value is -2.28. The molecule has 28 heavy (non-hydrogen) atoms. The van der Waals surface area contributed by atoms with Crippen LogP contribution in [0.25, 0.3) is 16.2 Å². The Morgan fingerprint density at radius 1 is 1.25 bits per heavy atom. The maximum Gasteiger partial charge on any atom is 0.237 e. The number of imidazole rings is 1. The predicted octanol–water partition coefficient (Wildman–Crippen LogP) is 5.12. The Morgan fingerprint density at radius 2 is 2.07 bits per heavy atom. The van der Waals surface area contributed by atoms with Gasteiger partial charge in [0.2, 0.25) is 5.91 Å². The molecule has 4 aromatic rings. The second-order valence-corrected chi connectivity index (χ2v) is 7.83. The molecule has 8 heteroatoms. The van der Waals surface area contributed by atoms with Crippen LogP contribution in [0.15, 0.2) is 58.7 Å². The minimum atomic E-state index is -0.114. The van der Waals surface area contributed by atoms with Crippen LogP contribution in [0.5, 0.6) is 0 Å². The number of thiazole rings is 1. The smallest absolute Gasteiger partial charge is 0.237 e. The second kappa shape index (κ2) is 8.39. The lowest BCUT2D eigenvalue weighted by atomic mass is 10.2. The summed E-state index contributed by atoms with van der Waals surface area (Å²) in [7, 11) is 0. The molecule has 0 aliphatic rings. The quantitative estimate of drug-likeness (QED) is 0.380. The van der Waals surface area contributed by atoms with Crippen molar-refractivity contribution in [3.05, 3.63) is 70.7 Å². The number of alkyl halides is 1. The Labute approximate surface area is 176 Å². The zero-order valence-electron chi connectivity index (χ0n) is 14.8. The molecule has 0 bridgehead atoms. The fourth-order valence-electron chi connectivity index (χ4n) is 2.99. The third kappa shape index (κ3) is 4.09. The van der Waals surface area contributed by atoms with E-state index in [0.717, 1.165) is 27.7 Å². The first-order chi connectivity index (χ1) is 13.6. The summed E-state index contributed by atoms with van der Waals surface area (Å²) in [5, 5.41) is 2.77. The number of rotatable bonds is 7. The van der Waals surface area contributed by atoms with E-state index in [4.69, 9.17) is 32.6 Å². The number of carbonyl (C=O) groups is 1. The van der Waals surface area contributed by atoms with Crippen LogP contribution in [0.2, 0.25) is 5.02 Å². The highest BCUT2D eigenvalue weighted by molar-refractivity contribution is 7.15. The van der Waals surface area contributed by atoms with Crippen molar-refractivity contribution in [1.82, 2.24) is 14.3 Å². The van der Waals surface area contributed by atoms with Gasteiger partial charge >= 0.3 is 0 Å². The second-order valence-electron chi connectivity index (χ2n) is 6.29. The lowest BCUT2D eigenvalue weighted by Crippen LogP contribution is -2.33. The summed E-state index contributed by atoms with van der Waals surface area (Å²) in [6.45, 7) is 0.957. The van der Waals surface area contributed by atoms with E-state index >= 15 is 0 Å². The largest absolute Gasteiger partial charge is 0.467 e. The maximum atomic E-state index is 12.2. The van der Waals surface area contributed by atoms with Crippen LogP contribution in [0, 0.1) is 0 Å². The fraction of sp³-hybridized carbons (Fsp3) is 0.200. The highest BCUT2D eigenvalue weighted by atomic mass is 35.5. The van der Waals surface area contributed by atoms with Gasteiger partial charge in [-0.05, 0) is 24.3 Å². The van der Waals surface area contributed by atoms with Gasteiger partial charge in [-0.2, -0.15) is 0 Å². The van der Waals surface area contributed by atoms with Gasteiger partial charge in [-0.15, -0.1) is 22.9 Å². The van der Waals surface area contributed by atoms with E-state index in [1.807, 2.05) is 42.6 Å². The summed E-state index contributed by atoms with van der Waals surface area (Å²) in [6, 6.07) is 11.3. The number of furan rings is 1. The number of fused-ring (bicyclic) bond motifs is 1. The molecule has 0 saturated carbocycles. The Balaban J connectivity index is 1.52. The molecular formula is C20H17Cl2N3O2S. The number of hydrogen-bond acceptors (Lipinski definition) is 4. The van der Waals surface area contributed by atoms with Gasteiger partial charge in [0.05, 0.1) is 18.5 Å². The monoisotopic (exact) mass is 433 g/mol. The molecule has 0 spiro atoms. The fourth-order valence-corrected chi connectivity index (χ4v) is 4.19. The first-order valence-corrected chi connectivity index (χ1v) is 10.5. The van der Waals surface area contributed by atoms with Crippen molar-refractivity contribution in [2.75, 3.05) is 12.4 Å². The van der Waals surface area contributed by atoms with Gasteiger partial charge in [-0.25, -0.2) is 4.98 Å². The molecule has 3 aromatic heterocycles. The van der Waals surface area contributed by atoms with Gasteiger partial charge in [0.1, 0.15) is 11.6 Å². The van der Waals surface area contributed by atoms with Gasteiger partial charge in [-0.1, -0.05) is 23.7 Å². The molecule has 0 fully saturated rings. The summed E-state index contributed by atoms with van der Waals surface area (Å²) in [6.07, 6.45) is 4.31. The summed E-state index contributed by atoms with van der Waals surface area (Å²) in [5.74, 6) is 0.574. The maximum absolute atomic E-state index is 12.2. The minimum absolute atomic E-state index is 0.0501. The number of hydrogen-bond donors (Lipinski definition) is 0. The van der Waals surface area contributed by atoms with Crippen LogP contribution in [0.1, 0.15) is 11.5 Å². The van der Waals surface area contributed by atoms with Crippen LogP contribution in [-0.2, 0) is 17.8 Å². The minimum Gasteiger partial charge on any atom is -0.467 e. The molecule has 0 radical (unpaired) electrons. The molecule has 0 atom stereocenters.